The Balaban J connectivity index is 4.18. The van der Waals surface area contributed by atoms with E-state index in [9.17, 15) is 14.4 Å². The number of carbonyl (C=O) groups is 3. The maximum atomic E-state index is 11.9. The zero-order chi connectivity index (χ0) is 14.7. The van der Waals surface area contributed by atoms with Crippen molar-refractivity contribution in [3.63, 3.8) is 0 Å². The van der Waals surface area contributed by atoms with E-state index in [1.54, 1.807) is 0 Å². The van der Waals surface area contributed by atoms with Crippen LogP contribution in [0.3, 0.4) is 0 Å². The number of aliphatic carboxylic acids is 1. The molecule has 0 aromatic heterocycles. The van der Waals surface area contributed by atoms with Gasteiger partial charge in [0.2, 0.25) is 5.91 Å². The molecule has 0 saturated carbocycles. The minimum atomic E-state index is -0.925. The van der Waals surface area contributed by atoms with E-state index < -0.39 is 5.97 Å². The zero-order valence-corrected chi connectivity index (χ0v) is 11.4. The van der Waals surface area contributed by atoms with E-state index >= 15 is 0 Å². The van der Waals surface area contributed by atoms with Crippen molar-refractivity contribution in [1.82, 2.24) is 4.90 Å². The number of nitrogens with zero attached hydrogens (tertiary/aromatic N) is 1. The first-order valence-corrected chi connectivity index (χ1v) is 6.06. The van der Waals surface area contributed by atoms with Crippen LogP contribution >= 0.6 is 0 Å². The van der Waals surface area contributed by atoms with Gasteiger partial charge in [-0.05, 0) is 6.42 Å². The molecule has 0 spiro atoms. The van der Waals surface area contributed by atoms with Crippen LogP contribution in [-0.2, 0) is 23.9 Å². The molecule has 0 fully saturated rings. The Hall–Kier alpha value is -1.63. The quantitative estimate of drug-likeness (QED) is 0.576. The van der Waals surface area contributed by atoms with Crippen molar-refractivity contribution in [2.75, 3.05) is 33.9 Å². The summed E-state index contributed by atoms with van der Waals surface area (Å²) >= 11 is 0. The molecule has 19 heavy (non-hydrogen) atoms. The molecule has 0 bridgehead atoms. The fourth-order valence-corrected chi connectivity index (χ4v) is 1.44. The third-order valence-corrected chi connectivity index (χ3v) is 2.51. The highest BCUT2D eigenvalue weighted by Crippen LogP contribution is 2.03. The SMILES string of the molecule is COCCN(CCC(=O)OC)C(=O)CCCC(=O)O. The highest BCUT2D eigenvalue weighted by atomic mass is 16.5. The van der Waals surface area contributed by atoms with Gasteiger partial charge in [-0.25, -0.2) is 0 Å². The van der Waals surface area contributed by atoms with Gasteiger partial charge in [0, 0.05) is 33.0 Å². The van der Waals surface area contributed by atoms with Crippen LogP contribution in [0.15, 0.2) is 0 Å². The predicted octanol–water partition coefficient (Wildman–Crippen LogP) is 0.279. The first-order valence-electron chi connectivity index (χ1n) is 6.06. The normalized spacial score (nSPS) is 10.0. The maximum absolute atomic E-state index is 11.9. The molecule has 0 aliphatic carbocycles. The van der Waals surface area contributed by atoms with Crippen LogP contribution in [0.25, 0.3) is 0 Å². The minimum Gasteiger partial charge on any atom is -0.481 e. The fourth-order valence-electron chi connectivity index (χ4n) is 1.44. The summed E-state index contributed by atoms with van der Waals surface area (Å²) in [7, 11) is 2.81. The lowest BCUT2D eigenvalue weighted by Gasteiger charge is -2.21. The molecule has 0 saturated heterocycles. The number of ether oxygens (including phenoxy) is 2. The van der Waals surface area contributed by atoms with Crippen LogP contribution in [0.5, 0.6) is 0 Å². The van der Waals surface area contributed by atoms with Crippen molar-refractivity contribution in [3.8, 4) is 0 Å². The summed E-state index contributed by atoms with van der Waals surface area (Å²) in [6, 6.07) is 0. The second-order valence-corrected chi connectivity index (χ2v) is 3.95. The Morgan fingerprint density at radius 1 is 1.05 bits per heavy atom. The van der Waals surface area contributed by atoms with Crippen molar-refractivity contribution in [1.29, 1.82) is 0 Å². The molecule has 0 aromatic rings. The van der Waals surface area contributed by atoms with Crippen LogP contribution in [0.4, 0.5) is 0 Å². The lowest BCUT2D eigenvalue weighted by molar-refractivity contribution is -0.142. The summed E-state index contributed by atoms with van der Waals surface area (Å²) in [6.45, 7) is 0.993. The molecule has 110 valence electrons. The number of amides is 1. The molecule has 0 aliphatic rings. The van der Waals surface area contributed by atoms with E-state index in [4.69, 9.17) is 9.84 Å². The average molecular weight is 275 g/mol. The molecule has 0 radical (unpaired) electrons. The second kappa shape index (κ2) is 10.3. The van der Waals surface area contributed by atoms with Crippen LogP contribution < -0.4 is 0 Å². The average Bonchev–Trinajstić information content (AvgIpc) is 2.37. The number of methoxy groups -OCH3 is 2. The van der Waals surface area contributed by atoms with Crippen LogP contribution in [0.1, 0.15) is 25.7 Å². The van der Waals surface area contributed by atoms with Gasteiger partial charge in [0.1, 0.15) is 0 Å². The van der Waals surface area contributed by atoms with Gasteiger partial charge in [0.15, 0.2) is 0 Å². The maximum Gasteiger partial charge on any atom is 0.307 e. The number of carboxylic acid groups (broad SMARTS) is 1. The number of carbonyl (C=O) groups excluding carboxylic acids is 2. The van der Waals surface area contributed by atoms with Crippen molar-refractivity contribution in [2.45, 2.75) is 25.7 Å². The molecule has 7 heteroatoms. The molecule has 0 aromatic carbocycles. The number of hydrogen-bond donors (Lipinski definition) is 1. The highest BCUT2D eigenvalue weighted by Gasteiger charge is 2.15. The summed E-state index contributed by atoms with van der Waals surface area (Å²) < 4.78 is 9.41. The molecule has 7 nitrogen and oxygen atoms in total. The van der Waals surface area contributed by atoms with Gasteiger partial charge in [-0.2, -0.15) is 0 Å². The molecular formula is C12H21NO6. The predicted molar refractivity (Wildman–Crippen MR) is 66.6 cm³/mol. The van der Waals surface area contributed by atoms with E-state index in [1.807, 2.05) is 0 Å². The van der Waals surface area contributed by atoms with Crippen molar-refractivity contribution < 1.29 is 29.0 Å². The Morgan fingerprint density at radius 2 is 1.74 bits per heavy atom. The Labute approximate surface area is 112 Å². The lowest BCUT2D eigenvalue weighted by Crippen LogP contribution is -2.35. The highest BCUT2D eigenvalue weighted by molar-refractivity contribution is 5.78. The van der Waals surface area contributed by atoms with Gasteiger partial charge in [-0.15, -0.1) is 0 Å². The van der Waals surface area contributed by atoms with Crippen LogP contribution in [0.2, 0.25) is 0 Å². The Morgan fingerprint density at radius 3 is 2.26 bits per heavy atom. The number of hydrogen-bond acceptors (Lipinski definition) is 5. The standard InChI is InChI=1S/C12H21NO6/c1-18-9-8-13(7-6-12(17)19-2)10(14)4-3-5-11(15)16/h3-9H2,1-2H3,(H,15,16). The largest absolute Gasteiger partial charge is 0.481 e. The zero-order valence-electron chi connectivity index (χ0n) is 11.4. The third kappa shape index (κ3) is 9.01. The number of carboxylic acids is 1. The molecular weight excluding hydrogens is 254 g/mol. The molecule has 1 N–H and O–H groups in total. The van der Waals surface area contributed by atoms with Crippen molar-refractivity contribution in [2.24, 2.45) is 0 Å². The van der Waals surface area contributed by atoms with E-state index in [-0.39, 0.29) is 44.1 Å². The van der Waals surface area contributed by atoms with Gasteiger partial charge >= 0.3 is 11.9 Å². The van der Waals surface area contributed by atoms with Gasteiger partial charge < -0.3 is 19.5 Å². The summed E-state index contributed by atoms with van der Waals surface area (Å²) in [6.07, 6.45) is 0.513. The molecule has 0 atom stereocenters. The van der Waals surface area contributed by atoms with Gasteiger partial charge in [0.05, 0.1) is 20.1 Å². The lowest BCUT2D eigenvalue weighted by atomic mass is 10.2. The van der Waals surface area contributed by atoms with E-state index in [2.05, 4.69) is 4.74 Å². The van der Waals surface area contributed by atoms with E-state index in [0.717, 1.165) is 0 Å². The number of rotatable bonds is 10. The first kappa shape index (κ1) is 17.4. The topological polar surface area (TPSA) is 93.1 Å². The first-order chi connectivity index (χ1) is 9.01. The van der Waals surface area contributed by atoms with Gasteiger partial charge in [0.25, 0.3) is 0 Å². The summed E-state index contributed by atoms with van der Waals surface area (Å²) in [5.74, 6) is -1.49. The Kier molecular flexibility index (Phi) is 9.42. The summed E-state index contributed by atoms with van der Waals surface area (Å²) in [4.78, 5) is 34.8. The molecule has 0 heterocycles. The summed E-state index contributed by atoms with van der Waals surface area (Å²) in [5, 5.41) is 8.51. The fraction of sp³-hybridized carbons (Fsp3) is 0.750. The third-order valence-electron chi connectivity index (χ3n) is 2.51. The monoisotopic (exact) mass is 275 g/mol. The minimum absolute atomic E-state index is 0.0408. The van der Waals surface area contributed by atoms with Crippen molar-refractivity contribution in [3.05, 3.63) is 0 Å². The number of esters is 1. The molecule has 0 unspecified atom stereocenters. The Bertz CT molecular complexity index is 305. The van der Waals surface area contributed by atoms with Crippen LogP contribution in [-0.4, -0.2) is 61.8 Å². The van der Waals surface area contributed by atoms with Crippen molar-refractivity contribution >= 4 is 17.8 Å². The van der Waals surface area contributed by atoms with E-state index in [1.165, 1.54) is 19.1 Å². The molecule has 0 rings (SSSR count). The second-order valence-electron chi connectivity index (χ2n) is 3.95. The molecule has 0 aliphatic heterocycles. The van der Waals surface area contributed by atoms with E-state index in [0.29, 0.717) is 13.2 Å². The molecule has 1 amide bonds. The van der Waals surface area contributed by atoms with Gasteiger partial charge in [-0.3, -0.25) is 14.4 Å². The van der Waals surface area contributed by atoms with Crippen LogP contribution in [0, 0.1) is 0 Å². The summed E-state index contributed by atoms with van der Waals surface area (Å²) in [5.41, 5.74) is 0. The smallest absolute Gasteiger partial charge is 0.307 e. The van der Waals surface area contributed by atoms with Gasteiger partial charge in [-0.1, -0.05) is 0 Å².